The van der Waals surface area contributed by atoms with Crippen molar-refractivity contribution in [3.8, 4) is 0 Å². The van der Waals surface area contributed by atoms with E-state index >= 15 is 0 Å². The van der Waals surface area contributed by atoms with Crippen LogP contribution in [-0.2, 0) is 31.0 Å². The van der Waals surface area contributed by atoms with Crippen molar-refractivity contribution in [3.05, 3.63) is 59.9 Å². The van der Waals surface area contributed by atoms with Gasteiger partial charge in [0.25, 0.3) is 0 Å². The third-order valence-corrected chi connectivity index (χ3v) is 7.28. The van der Waals surface area contributed by atoms with Gasteiger partial charge in [-0.15, -0.1) is 0 Å². The number of carbonyl (C=O) groups excluding carboxylic acids is 2. The largest absolute Gasteiger partial charge is 0.461 e. The first-order valence-electron chi connectivity index (χ1n) is 10.1. The maximum absolute atomic E-state index is 13.2. The lowest BCUT2D eigenvalue weighted by Crippen LogP contribution is -2.30. The fourth-order valence-electron chi connectivity index (χ4n) is 3.52. The number of nitrogens with zero attached hydrogens (tertiary/aromatic N) is 2. The van der Waals surface area contributed by atoms with Crippen LogP contribution in [0.5, 0.6) is 0 Å². The normalized spacial score (nSPS) is 16.7. The number of sulfonamides is 1. The third-order valence-electron chi connectivity index (χ3n) is 5.22. The first-order valence-corrected chi connectivity index (χ1v) is 11.5. The molecule has 1 atom stereocenters. The molecule has 0 spiro atoms. The minimum Gasteiger partial charge on any atom is -0.461 e. The molecule has 3 rings (SSSR count). The SMILES string of the molecule is CCN(CC)S(=O)(=O)c1ccc(N2C[C@H](C(=O)OCc3cccc(F)c3)CC2=O)cc1. The van der Waals surface area contributed by atoms with E-state index in [-0.39, 0.29) is 30.4 Å². The van der Waals surface area contributed by atoms with Crippen LogP contribution < -0.4 is 4.90 Å². The maximum atomic E-state index is 13.2. The highest BCUT2D eigenvalue weighted by Crippen LogP contribution is 2.28. The Bertz CT molecular complexity index is 1050. The van der Waals surface area contributed by atoms with Gasteiger partial charge in [-0.05, 0) is 42.0 Å². The Hall–Kier alpha value is -2.78. The molecule has 1 heterocycles. The van der Waals surface area contributed by atoms with E-state index in [0.29, 0.717) is 24.3 Å². The fraction of sp³-hybridized carbons (Fsp3) is 0.364. The number of anilines is 1. The van der Waals surface area contributed by atoms with E-state index in [4.69, 9.17) is 4.74 Å². The molecule has 7 nitrogen and oxygen atoms in total. The molecule has 0 radical (unpaired) electrons. The minimum atomic E-state index is -3.59. The average molecular weight is 449 g/mol. The van der Waals surface area contributed by atoms with Gasteiger partial charge in [-0.25, -0.2) is 12.8 Å². The second kappa shape index (κ2) is 9.57. The summed E-state index contributed by atoms with van der Waals surface area (Å²) in [6, 6.07) is 11.8. The van der Waals surface area contributed by atoms with Crippen molar-refractivity contribution < 1.29 is 27.1 Å². The van der Waals surface area contributed by atoms with Crippen LogP contribution in [0.25, 0.3) is 0 Å². The molecule has 2 aromatic carbocycles. The van der Waals surface area contributed by atoms with Gasteiger partial charge >= 0.3 is 5.97 Å². The van der Waals surface area contributed by atoms with E-state index in [2.05, 4.69) is 0 Å². The summed E-state index contributed by atoms with van der Waals surface area (Å²) >= 11 is 0. The minimum absolute atomic E-state index is 0.00147. The Labute approximate surface area is 181 Å². The van der Waals surface area contributed by atoms with Crippen LogP contribution in [-0.4, -0.2) is 44.2 Å². The smallest absolute Gasteiger partial charge is 0.311 e. The molecule has 1 saturated heterocycles. The standard InChI is InChI=1S/C22H25FN2O5S/c1-3-24(4-2)31(28,29)20-10-8-19(9-11-20)25-14-17(13-21(25)26)22(27)30-15-16-6-5-7-18(23)12-16/h5-12,17H,3-4,13-15H2,1-2H3/t17-/m1/s1. The lowest BCUT2D eigenvalue weighted by atomic mass is 10.1. The third kappa shape index (κ3) is 5.11. The van der Waals surface area contributed by atoms with Crippen LogP contribution in [0.1, 0.15) is 25.8 Å². The highest BCUT2D eigenvalue weighted by molar-refractivity contribution is 7.89. The molecule has 1 aliphatic heterocycles. The van der Waals surface area contributed by atoms with Crippen molar-refractivity contribution in [2.45, 2.75) is 31.8 Å². The molecule has 0 aliphatic carbocycles. The molecule has 0 aromatic heterocycles. The average Bonchev–Trinajstić information content (AvgIpc) is 3.14. The van der Waals surface area contributed by atoms with Crippen molar-refractivity contribution in [1.29, 1.82) is 0 Å². The van der Waals surface area contributed by atoms with Crippen LogP contribution >= 0.6 is 0 Å². The highest BCUT2D eigenvalue weighted by Gasteiger charge is 2.36. The van der Waals surface area contributed by atoms with Crippen molar-refractivity contribution in [3.63, 3.8) is 0 Å². The summed E-state index contributed by atoms with van der Waals surface area (Å²) in [5, 5.41) is 0. The van der Waals surface area contributed by atoms with E-state index in [1.165, 1.54) is 39.5 Å². The summed E-state index contributed by atoms with van der Waals surface area (Å²) in [6.45, 7) is 4.34. The summed E-state index contributed by atoms with van der Waals surface area (Å²) in [4.78, 5) is 26.4. The van der Waals surface area contributed by atoms with E-state index in [1.54, 1.807) is 32.0 Å². The van der Waals surface area contributed by atoms with E-state index in [9.17, 15) is 22.4 Å². The van der Waals surface area contributed by atoms with Crippen LogP contribution in [0.2, 0.25) is 0 Å². The van der Waals surface area contributed by atoms with Crippen LogP contribution in [0.4, 0.5) is 10.1 Å². The second-order valence-corrected chi connectivity index (χ2v) is 9.16. The summed E-state index contributed by atoms with van der Waals surface area (Å²) < 4.78 is 45.0. The summed E-state index contributed by atoms with van der Waals surface area (Å²) in [6.07, 6.45) is 0.00147. The van der Waals surface area contributed by atoms with Crippen molar-refractivity contribution >= 4 is 27.6 Å². The quantitative estimate of drug-likeness (QED) is 0.580. The number of rotatable bonds is 8. The number of hydrogen-bond acceptors (Lipinski definition) is 5. The predicted octanol–water partition coefficient (Wildman–Crippen LogP) is 2.95. The van der Waals surface area contributed by atoms with Gasteiger partial charge in [0.15, 0.2) is 0 Å². The van der Waals surface area contributed by atoms with Crippen LogP contribution in [0, 0.1) is 11.7 Å². The first kappa shape index (κ1) is 22.9. The molecule has 0 bridgehead atoms. The molecule has 9 heteroatoms. The second-order valence-electron chi connectivity index (χ2n) is 7.23. The first-order chi connectivity index (χ1) is 14.8. The zero-order chi connectivity index (χ0) is 22.6. The summed E-state index contributed by atoms with van der Waals surface area (Å²) in [5.74, 6) is -1.82. The van der Waals surface area contributed by atoms with Gasteiger partial charge in [0, 0.05) is 31.7 Å². The van der Waals surface area contributed by atoms with E-state index < -0.39 is 27.7 Å². The summed E-state index contributed by atoms with van der Waals surface area (Å²) in [7, 11) is -3.59. The molecule has 2 aromatic rings. The lowest BCUT2D eigenvalue weighted by Gasteiger charge is -2.20. The number of halogens is 1. The van der Waals surface area contributed by atoms with E-state index in [1.807, 2.05) is 0 Å². The van der Waals surface area contributed by atoms with E-state index in [0.717, 1.165) is 0 Å². The Morgan fingerprint density at radius 3 is 2.45 bits per heavy atom. The Morgan fingerprint density at radius 1 is 1.16 bits per heavy atom. The zero-order valence-corrected chi connectivity index (χ0v) is 18.3. The molecule has 1 aliphatic rings. The number of carbonyl (C=O) groups is 2. The number of amides is 1. The number of ether oxygens (including phenoxy) is 1. The predicted molar refractivity (Wildman–Crippen MR) is 113 cm³/mol. The molecular formula is C22H25FN2O5S. The zero-order valence-electron chi connectivity index (χ0n) is 17.5. The van der Waals surface area contributed by atoms with Crippen LogP contribution in [0.15, 0.2) is 53.4 Å². The maximum Gasteiger partial charge on any atom is 0.311 e. The highest BCUT2D eigenvalue weighted by atomic mass is 32.2. The van der Waals surface area contributed by atoms with Crippen molar-refractivity contribution in [2.24, 2.45) is 5.92 Å². The molecule has 0 saturated carbocycles. The van der Waals surface area contributed by atoms with Crippen LogP contribution in [0.3, 0.4) is 0 Å². The molecular weight excluding hydrogens is 423 g/mol. The fourth-order valence-corrected chi connectivity index (χ4v) is 4.98. The topological polar surface area (TPSA) is 84.0 Å². The molecule has 31 heavy (non-hydrogen) atoms. The molecule has 166 valence electrons. The number of esters is 1. The Kier molecular flexibility index (Phi) is 7.07. The van der Waals surface area contributed by atoms with Gasteiger partial charge in [0.2, 0.25) is 15.9 Å². The monoisotopic (exact) mass is 448 g/mol. The van der Waals surface area contributed by atoms with Gasteiger partial charge < -0.3 is 9.64 Å². The molecule has 1 amide bonds. The number of hydrogen-bond donors (Lipinski definition) is 0. The van der Waals surface area contributed by atoms with Gasteiger partial charge in [0.05, 0.1) is 10.8 Å². The van der Waals surface area contributed by atoms with Crippen molar-refractivity contribution in [1.82, 2.24) is 4.31 Å². The van der Waals surface area contributed by atoms with Gasteiger partial charge in [-0.2, -0.15) is 4.31 Å². The van der Waals surface area contributed by atoms with Gasteiger partial charge in [-0.3, -0.25) is 9.59 Å². The molecule has 0 N–H and O–H groups in total. The Morgan fingerprint density at radius 2 is 1.84 bits per heavy atom. The lowest BCUT2D eigenvalue weighted by molar-refractivity contribution is -0.149. The van der Waals surface area contributed by atoms with Gasteiger partial charge in [0.1, 0.15) is 12.4 Å². The number of benzene rings is 2. The Balaban J connectivity index is 1.65. The summed E-state index contributed by atoms with van der Waals surface area (Å²) in [5.41, 5.74) is 1.04. The van der Waals surface area contributed by atoms with Crippen molar-refractivity contribution in [2.75, 3.05) is 24.5 Å². The molecule has 1 fully saturated rings. The van der Waals surface area contributed by atoms with Gasteiger partial charge in [-0.1, -0.05) is 26.0 Å². The molecule has 0 unspecified atom stereocenters.